The van der Waals surface area contributed by atoms with Crippen LogP contribution in [0.15, 0.2) is 48.8 Å². The number of rotatable bonds is 6. The summed E-state index contributed by atoms with van der Waals surface area (Å²) in [4.78, 5) is 27.5. The van der Waals surface area contributed by atoms with Crippen LogP contribution in [0.3, 0.4) is 0 Å². The molecule has 0 unspecified atom stereocenters. The lowest BCUT2D eigenvalue weighted by molar-refractivity contribution is -0.120. The maximum Gasteiger partial charge on any atom is 0.252 e. The van der Waals surface area contributed by atoms with E-state index in [1.165, 1.54) is 6.20 Å². The van der Waals surface area contributed by atoms with Crippen molar-refractivity contribution in [3.8, 4) is 0 Å². The molecule has 5 heteroatoms. The molecule has 0 aliphatic carbocycles. The second kappa shape index (κ2) is 7.93. The van der Waals surface area contributed by atoms with E-state index >= 15 is 0 Å². The Hall–Kier alpha value is -2.69. The van der Waals surface area contributed by atoms with E-state index in [-0.39, 0.29) is 11.8 Å². The summed E-state index contributed by atoms with van der Waals surface area (Å²) in [5, 5.41) is 5.53. The average Bonchev–Trinajstić information content (AvgIpc) is 2.54. The van der Waals surface area contributed by atoms with Gasteiger partial charge in [-0.2, -0.15) is 0 Å². The lowest BCUT2D eigenvalue weighted by Gasteiger charge is -2.08. The first-order valence-electron chi connectivity index (χ1n) is 7.16. The molecule has 22 heavy (non-hydrogen) atoms. The molecule has 5 nitrogen and oxygen atoms in total. The standard InChI is InChI=1S/C17H19N3O2/c1-13-5-2-3-6-14(13)11-16(21)19-9-10-20-17(22)15-7-4-8-18-12-15/h2-8,12H,9-11H2,1H3,(H,19,21)(H,20,22). The Balaban J connectivity index is 1.69. The van der Waals surface area contributed by atoms with Crippen LogP contribution in [0.2, 0.25) is 0 Å². The number of pyridine rings is 1. The van der Waals surface area contributed by atoms with Gasteiger partial charge in [-0.3, -0.25) is 14.6 Å². The number of nitrogens with one attached hydrogen (secondary N) is 2. The Morgan fingerprint density at radius 3 is 2.55 bits per heavy atom. The SMILES string of the molecule is Cc1ccccc1CC(=O)NCCNC(=O)c1cccnc1. The smallest absolute Gasteiger partial charge is 0.252 e. The Morgan fingerprint density at radius 2 is 1.82 bits per heavy atom. The minimum Gasteiger partial charge on any atom is -0.354 e. The summed E-state index contributed by atoms with van der Waals surface area (Å²) in [5.74, 6) is -0.244. The number of aryl methyl sites for hydroxylation is 1. The maximum atomic E-state index is 11.8. The van der Waals surface area contributed by atoms with Crippen LogP contribution in [0.5, 0.6) is 0 Å². The first-order valence-corrected chi connectivity index (χ1v) is 7.16. The van der Waals surface area contributed by atoms with Crippen molar-refractivity contribution < 1.29 is 9.59 Å². The van der Waals surface area contributed by atoms with Crippen molar-refractivity contribution in [1.29, 1.82) is 0 Å². The van der Waals surface area contributed by atoms with Gasteiger partial charge < -0.3 is 10.6 Å². The number of amides is 2. The van der Waals surface area contributed by atoms with Crippen LogP contribution in [0.4, 0.5) is 0 Å². The van der Waals surface area contributed by atoms with Gasteiger partial charge in [0.1, 0.15) is 0 Å². The predicted octanol–water partition coefficient (Wildman–Crippen LogP) is 1.48. The molecule has 0 spiro atoms. The summed E-state index contributed by atoms with van der Waals surface area (Å²) in [5.41, 5.74) is 2.62. The molecule has 0 saturated heterocycles. The highest BCUT2D eigenvalue weighted by molar-refractivity contribution is 5.93. The van der Waals surface area contributed by atoms with Crippen molar-refractivity contribution in [3.63, 3.8) is 0 Å². The molecule has 0 saturated carbocycles. The summed E-state index contributed by atoms with van der Waals surface area (Å²) >= 11 is 0. The van der Waals surface area contributed by atoms with Gasteiger partial charge in [-0.15, -0.1) is 0 Å². The highest BCUT2D eigenvalue weighted by atomic mass is 16.2. The second-order valence-electron chi connectivity index (χ2n) is 4.95. The Labute approximate surface area is 129 Å². The van der Waals surface area contributed by atoms with Crippen molar-refractivity contribution >= 4 is 11.8 Å². The number of hydrogen-bond donors (Lipinski definition) is 2. The molecule has 2 aromatic rings. The zero-order chi connectivity index (χ0) is 15.8. The van der Waals surface area contributed by atoms with Crippen LogP contribution < -0.4 is 10.6 Å². The summed E-state index contributed by atoms with van der Waals surface area (Å²) in [6.45, 7) is 2.76. The van der Waals surface area contributed by atoms with E-state index in [1.807, 2.05) is 31.2 Å². The molecule has 1 heterocycles. The van der Waals surface area contributed by atoms with Crippen LogP contribution >= 0.6 is 0 Å². The van der Waals surface area contributed by atoms with Gasteiger partial charge in [-0.25, -0.2) is 0 Å². The molecule has 1 aromatic carbocycles. The van der Waals surface area contributed by atoms with E-state index in [0.29, 0.717) is 25.1 Å². The summed E-state index contributed by atoms with van der Waals surface area (Å²) in [7, 11) is 0. The van der Waals surface area contributed by atoms with Gasteiger partial charge in [0.05, 0.1) is 12.0 Å². The Kier molecular flexibility index (Phi) is 5.65. The fraction of sp³-hybridized carbons (Fsp3) is 0.235. The third-order valence-electron chi connectivity index (χ3n) is 3.27. The summed E-state index contributed by atoms with van der Waals surface area (Å²) in [6.07, 6.45) is 3.47. The number of aromatic nitrogens is 1. The highest BCUT2D eigenvalue weighted by Crippen LogP contribution is 2.07. The van der Waals surface area contributed by atoms with Crippen molar-refractivity contribution in [2.75, 3.05) is 13.1 Å². The molecule has 2 amide bonds. The monoisotopic (exact) mass is 297 g/mol. The van der Waals surface area contributed by atoms with Gasteiger partial charge in [0.15, 0.2) is 0 Å². The van der Waals surface area contributed by atoms with Crippen LogP contribution in [0, 0.1) is 6.92 Å². The summed E-state index contributed by atoms with van der Waals surface area (Å²) in [6, 6.07) is 11.2. The van der Waals surface area contributed by atoms with Gasteiger partial charge in [-0.05, 0) is 30.2 Å². The number of nitrogens with zero attached hydrogens (tertiary/aromatic N) is 1. The predicted molar refractivity (Wildman–Crippen MR) is 84.5 cm³/mol. The third kappa shape index (κ3) is 4.70. The lowest BCUT2D eigenvalue weighted by atomic mass is 10.1. The maximum absolute atomic E-state index is 11.8. The van der Waals surface area contributed by atoms with Crippen molar-refractivity contribution in [1.82, 2.24) is 15.6 Å². The van der Waals surface area contributed by atoms with Crippen molar-refractivity contribution in [2.24, 2.45) is 0 Å². The fourth-order valence-corrected chi connectivity index (χ4v) is 2.02. The largest absolute Gasteiger partial charge is 0.354 e. The molecule has 0 radical (unpaired) electrons. The molecule has 0 aliphatic rings. The van der Waals surface area contributed by atoms with E-state index in [4.69, 9.17) is 0 Å². The Bertz CT molecular complexity index is 641. The normalized spacial score (nSPS) is 10.0. The van der Waals surface area contributed by atoms with Gasteiger partial charge in [-0.1, -0.05) is 24.3 Å². The molecule has 0 fully saturated rings. The van der Waals surface area contributed by atoms with Gasteiger partial charge in [0.2, 0.25) is 5.91 Å². The van der Waals surface area contributed by atoms with E-state index in [9.17, 15) is 9.59 Å². The minimum absolute atomic E-state index is 0.0510. The molecule has 2 N–H and O–H groups in total. The molecule has 0 aliphatic heterocycles. The average molecular weight is 297 g/mol. The van der Waals surface area contributed by atoms with Crippen LogP contribution in [-0.2, 0) is 11.2 Å². The summed E-state index contributed by atoms with van der Waals surface area (Å²) < 4.78 is 0. The molecule has 2 rings (SSSR count). The third-order valence-corrected chi connectivity index (χ3v) is 3.27. The molecule has 0 atom stereocenters. The van der Waals surface area contributed by atoms with Crippen LogP contribution in [-0.4, -0.2) is 29.9 Å². The van der Waals surface area contributed by atoms with E-state index in [2.05, 4.69) is 15.6 Å². The van der Waals surface area contributed by atoms with E-state index < -0.39 is 0 Å². The molecular formula is C17H19N3O2. The topological polar surface area (TPSA) is 71.1 Å². The second-order valence-corrected chi connectivity index (χ2v) is 4.95. The van der Waals surface area contributed by atoms with Crippen LogP contribution in [0.1, 0.15) is 21.5 Å². The number of hydrogen-bond acceptors (Lipinski definition) is 3. The highest BCUT2D eigenvalue weighted by Gasteiger charge is 2.06. The van der Waals surface area contributed by atoms with Gasteiger partial charge in [0, 0.05) is 25.5 Å². The lowest BCUT2D eigenvalue weighted by Crippen LogP contribution is -2.35. The first kappa shape index (κ1) is 15.7. The van der Waals surface area contributed by atoms with Gasteiger partial charge >= 0.3 is 0 Å². The quantitative estimate of drug-likeness (QED) is 0.793. The number of carbonyl (C=O) groups excluding carboxylic acids is 2. The van der Waals surface area contributed by atoms with E-state index in [1.54, 1.807) is 18.3 Å². The molecule has 1 aromatic heterocycles. The van der Waals surface area contributed by atoms with Gasteiger partial charge in [0.25, 0.3) is 5.91 Å². The van der Waals surface area contributed by atoms with Crippen LogP contribution in [0.25, 0.3) is 0 Å². The van der Waals surface area contributed by atoms with Crippen molar-refractivity contribution in [2.45, 2.75) is 13.3 Å². The first-order chi connectivity index (χ1) is 10.7. The fourth-order valence-electron chi connectivity index (χ4n) is 2.02. The van der Waals surface area contributed by atoms with E-state index in [0.717, 1.165) is 11.1 Å². The Morgan fingerprint density at radius 1 is 1.05 bits per heavy atom. The molecule has 114 valence electrons. The zero-order valence-electron chi connectivity index (χ0n) is 12.5. The molecule has 0 bridgehead atoms. The number of carbonyl (C=O) groups is 2. The zero-order valence-corrected chi connectivity index (χ0v) is 12.5. The number of benzene rings is 1. The molecular weight excluding hydrogens is 278 g/mol. The van der Waals surface area contributed by atoms with Crippen molar-refractivity contribution in [3.05, 3.63) is 65.5 Å². The minimum atomic E-state index is -0.193.